The fourth-order valence-electron chi connectivity index (χ4n) is 4.17. The van der Waals surface area contributed by atoms with Crippen molar-refractivity contribution in [1.29, 1.82) is 0 Å². The minimum atomic E-state index is -3.89. The Bertz CT molecular complexity index is 1050. The molecule has 1 saturated heterocycles. The van der Waals surface area contributed by atoms with Crippen molar-refractivity contribution >= 4 is 21.7 Å². The number of fused-ring (bicyclic) bond motifs is 1. The molecule has 2 amide bonds. The third-order valence-corrected chi connectivity index (χ3v) is 8.29. The second kappa shape index (κ2) is 6.72. The molecule has 4 rings (SSSR count). The maximum absolute atomic E-state index is 13.4. The molecule has 146 valence electrons. The Balaban J connectivity index is 1.67. The van der Waals surface area contributed by atoms with Crippen LogP contribution in [0.15, 0.2) is 53.4 Å². The van der Waals surface area contributed by atoms with E-state index in [-0.39, 0.29) is 29.2 Å². The number of amides is 2. The smallest absolute Gasteiger partial charge is 0.274 e. The fourth-order valence-corrected chi connectivity index (χ4v) is 6.44. The summed E-state index contributed by atoms with van der Waals surface area (Å²) < 4.78 is 25.3. The molecule has 2 heterocycles. The lowest BCUT2D eigenvalue weighted by molar-refractivity contribution is -0.130. The standard InChI is InChI=1S/C20H20N2O5S/c23-18(21-25)16-6-7-17-15(12-16)8-9-20(28(17,26)27)10-11-22(19(20)24)13-14-4-2-1-3-5-14/h1-7,12,25H,8-11,13H2,(H,21,23). The van der Waals surface area contributed by atoms with Gasteiger partial charge in [-0.15, -0.1) is 0 Å². The van der Waals surface area contributed by atoms with Crippen molar-refractivity contribution in [3.05, 3.63) is 65.2 Å². The van der Waals surface area contributed by atoms with Gasteiger partial charge in [0.1, 0.15) is 0 Å². The molecule has 1 atom stereocenters. The number of hydroxylamine groups is 1. The maximum atomic E-state index is 13.4. The van der Waals surface area contributed by atoms with Crippen LogP contribution in [0.2, 0.25) is 0 Å². The molecule has 1 spiro atoms. The average molecular weight is 400 g/mol. The van der Waals surface area contributed by atoms with Crippen molar-refractivity contribution in [2.75, 3.05) is 6.54 Å². The molecule has 2 aliphatic heterocycles. The van der Waals surface area contributed by atoms with Crippen LogP contribution in [0.25, 0.3) is 0 Å². The van der Waals surface area contributed by atoms with E-state index in [4.69, 9.17) is 5.21 Å². The van der Waals surface area contributed by atoms with Gasteiger partial charge in [0.25, 0.3) is 5.91 Å². The number of hydrogen-bond donors (Lipinski definition) is 2. The van der Waals surface area contributed by atoms with Crippen molar-refractivity contribution in [3.63, 3.8) is 0 Å². The van der Waals surface area contributed by atoms with Gasteiger partial charge in [-0.25, -0.2) is 13.9 Å². The van der Waals surface area contributed by atoms with Crippen molar-refractivity contribution in [1.82, 2.24) is 10.4 Å². The van der Waals surface area contributed by atoms with Crippen LogP contribution in [0.1, 0.15) is 34.3 Å². The van der Waals surface area contributed by atoms with Crippen LogP contribution in [0.3, 0.4) is 0 Å². The molecule has 0 saturated carbocycles. The zero-order valence-electron chi connectivity index (χ0n) is 15.1. The molecule has 2 aromatic carbocycles. The topological polar surface area (TPSA) is 104 Å². The molecule has 0 aliphatic carbocycles. The summed E-state index contributed by atoms with van der Waals surface area (Å²) in [6.07, 6.45) is 0.835. The zero-order valence-corrected chi connectivity index (χ0v) is 15.9. The second-order valence-corrected chi connectivity index (χ2v) is 9.45. The molecule has 1 fully saturated rings. The van der Waals surface area contributed by atoms with Gasteiger partial charge in [-0.3, -0.25) is 14.8 Å². The molecule has 2 N–H and O–H groups in total. The first-order valence-electron chi connectivity index (χ1n) is 9.04. The largest absolute Gasteiger partial charge is 0.337 e. The van der Waals surface area contributed by atoms with Gasteiger partial charge in [-0.05, 0) is 48.6 Å². The summed E-state index contributed by atoms with van der Waals surface area (Å²) in [6, 6.07) is 13.7. The number of nitrogens with zero attached hydrogens (tertiary/aromatic N) is 1. The van der Waals surface area contributed by atoms with E-state index in [0.717, 1.165) is 5.56 Å². The number of hydrogen-bond acceptors (Lipinski definition) is 5. The summed E-state index contributed by atoms with van der Waals surface area (Å²) >= 11 is 0. The average Bonchev–Trinajstić information content (AvgIpc) is 3.02. The van der Waals surface area contributed by atoms with Gasteiger partial charge >= 0.3 is 0 Å². The van der Waals surface area contributed by atoms with Crippen molar-refractivity contribution < 1.29 is 23.2 Å². The monoisotopic (exact) mass is 400 g/mol. The molecule has 0 radical (unpaired) electrons. The van der Waals surface area contributed by atoms with Crippen LogP contribution in [-0.2, 0) is 27.6 Å². The first-order valence-corrected chi connectivity index (χ1v) is 10.5. The van der Waals surface area contributed by atoms with Gasteiger partial charge < -0.3 is 4.90 Å². The first kappa shape index (κ1) is 18.6. The van der Waals surface area contributed by atoms with Gasteiger partial charge in [0, 0.05) is 18.7 Å². The van der Waals surface area contributed by atoms with Crippen LogP contribution in [0.4, 0.5) is 0 Å². The second-order valence-electron chi connectivity index (χ2n) is 7.22. The van der Waals surface area contributed by atoms with Crippen molar-refractivity contribution in [2.24, 2.45) is 0 Å². The summed E-state index contributed by atoms with van der Waals surface area (Å²) in [7, 11) is -3.89. The van der Waals surface area contributed by atoms with Crippen LogP contribution in [0.5, 0.6) is 0 Å². The van der Waals surface area contributed by atoms with Crippen LogP contribution in [0, 0.1) is 0 Å². The van der Waals surface area contributed by atoms with E-state index in [2.05, 4.69) is 0 Å². The number of benzene rings is 2. The first-order chi connectivity index (χ1) is 13.4. The highest BCUT2D eigenvalue weighted by atomic mass is 32.2. The molecule has 2 aromatic rings. The SMILES string of the molecule is O=C(NO)c1ccc2c(c1)CCC1(CCN(Cc3ccccc3)C1=O)S2(=O)=O. The molecule has 0 aromatic heterocycles. The Hall–Kier alpha value is -2.71. The molecule has 0 bridgehead atoms. The Morgan fingerprint density at radius 2 is 1.89 bits per heavy atom. The number of sulfone groups is 1. The maximum Gasteiger partial charge on any atom is 0.274 e. The highest BCUT2D eigenvalue weighted by Gasteiger charge is 2.58. The predicted octanol–water partition coefficient (Wildman–Crippen LogP) is 1.70. The van der Waals surface area contributed by atoms with Crippen LogP contribution < -0.4 is 5.48 Å². The van der Waals surface area contributed by atoms with E-state index >= 15 is 0 Å². The Morgan fingerprint density at radius 3 is 2.61 bits per heavy atom. The van der Waals surface area contributed by atoms with E-state index in [9.17, 15) is 18.0 Å². The minimum Gasteiger partial charge on any atom is -0.337 e. The number of aryl methyl sites for hydroxylation is 1. The molecule has 2 aliphatic rings. The van der Waals surface area contributed by atoms with Crippen molar-refractivity contribution in [2.45, 2.75) is 35.4 Å². The summed E-state index contributed by atoms with van der Waals surface area (Å²) in [5.41, 5.74) is 3.18. The molecule has 7 nitrogen and oxygen atoms in total. The highest BCUT2D eigenvalue weighted by Crippen LogP contribution is 2.44. The lowest BCUT2D eigenvalue weighted by Crippen LogP contribution is -2.49. The molecule has 28 heavy (non-hydrogen) atoms. The molecular formula is C20H20N2O5S. The van der Waals surface area contributed by atoms with Crippen molar-refractivity contribution in [3.8, 4) is 0 Å². The molecule has 1 unspecified atom stereocenters. The lowest BCUT2D eigenvalue weighted by atomic mass is 9.95. The number of rotatable bonds is 3. The number of carbonyl (C=O) groups is 2. The number of nitrogens with one attached hydrogen (secondary N) is 1. The van der Waals surface area contributed by atoms with Gasteiger partial charge in [-0.1, -0.05) is 30.3 Å². The van der Waals surface area contributed by atoms with E-state index in [1.807, 2.05) is 30.3 Å². The Labute approximate surface area is 162 Å². The summed E-state index contributed by atoms with van der Waals surface area (Å²) in [6.45, 7) is 0.784. The summed E-state index contributed by atoms with van der Waals surface area (Å²) in [4.78, 5) is 26.5. The van der Waals surface area contributed by atoms with E-state index in [1.165, 1.54) is 18.2 Å². The van der Waals surface area contributed by atoms with Gasteiger partial charge in [0.2, 0.25) is 5.91 Å². The third kappa shape index (κ3) is 2.71. The normalized spacial score (nSPS) is 22.9. The van der Waals surface area contributed by atoms with Crippen LogP contribution in [-0.4, -0.2) is 41.6 Å². The Kier molecular flexibility index (Phi) is 4.47. The van der Waals surface area contributed by atoms with E-state index in [1.54, 1.807) is 10.4 Å². The summed E-state index contributed by atoms with van der Waals surface area (Å²) in [5, 5.41) is 8.78. The van der Waals surface area contributed by atoms with Gasteiger partial charge in [0.05, 0.1) is 4.90 Å². The lowest BCUT2D eigenvalue weighted by Gasteiger charge is -2.33. The van der Waals surface area contributed by atoms with Gasteiger partial charge in [-0.2, -0.15) is 0 Å². The number of carbonyl (C=O) groups excluding carboxylic acids is 2. The zero-order chi connectivity index (χ0) is 19.9. The summed E-state index contributed by atoms with van der Waals surface area (Å²) in [5.74, 6) is -1.05. The quantitative estimate of drug-likeness (QED) is 0.603. The number of likely N-dealkylation sites (tertiary alicyclic amines) is 1. The predicted molar refractivity (Wildman–Crippen MR) is 100 cm³/mol. The van der Waals surface area contributed by atoms with E-state index < -0.39 is 20.5 Å². The molecule has 8 heteroatoms. The fraction of sp³-hybridized carbons (Fsp3) is 0.300. The van der Waals surface area contributed by atoms with Gasteiger partial charge in [0.15, 0.2) is 14.6 Å². The molecular weight excluding hydrogens is 380 g/mol. The Morgan fingerprint density at radius 1 is 1.14 bits per heavy atom. The highest BCUT2D eigenvalue weighted by molar-refractivity contribution is 7.93. The third-order valence-electron chi connectivity index (χ3n) is 5.71. The minimum absolute atomic E-state index is 0.100. The van der Waals surface area contributed by atoms with Crippen LogP contribution >= 0.6 is 0 Å². The van der Waals surface area contributed by atoms with E-state index in [0.29, 0.717) is 25.1 Å².